The minimum atomic E-state index is 1.11. The van der Waals surface area contributed by atoms with Crippen LogP contribution in [0.15, 0.2) is 11.8 Å². The van der Waals surface area contributed by atoms with Gasteiger partial charge in [-0.2, -0.15) is 0 Å². The minimum absolute atomic E-state index is 1.11. The van der Waals surface area contributed by atoms with Crippen molar-refractivity contribution in [2.24, 2.45) is 5.73 Å². The van der Waals surface area contributed by atoms with Gasteiger partial charge in [-0.25, -0.2) is 0 Å². The van der Waals surface area contributed by atoms with Gasteiger partial charge in [-0.3, -0.25) is 0 Å². The predicted octanol–water partition coefficient (Wildman–Crippen LogP) is 2.18. The predicted molar refractivity (Wildman–Crippen MR) is 40.0 cm³/mol. The Kier molecular flexibility index (Phi) is 2.62. The third-order valence-corrected chi connectivity index (χ3v) is 1.83. The van der Waals surface area contributed by atoms with Gasteiger partial charge in [-0.15, -0.1) is 0 Å². The van der Waals surface area contributed by atoms with Gasteiger partial charge in [0.2, 0.25) is 0 Å². The van der Waals surface area contributed by atoms with Crippen LogP contribution in [-0.2, 0) is 0 Å². The van der Waals surface area contributed by atoms with E-state index in [1.54, 1.807) is 0 Å². The minimum Gasteiger partial charge on any atom is -0.402 e. The molecule has 0 spiro atoms. The molecule has 0 radical (unpaired) electrons. The van der Waals surface area contributed by atoms with Crippen LogP contribution in [0.2, 0.25) is 0 Å². The third-order valence-electron chi connectivity index (χ3n) is 1.83. The lowest BCUT2D eigenvalue weighted by Gasteiger charge is -2.05. The van der Waals surface area contributed by atoms with Crippen molar-refractivity contribution in [1.29, 1.82) is 0 Å². The summed E-state index contributed by atoms with van der Waals surface area (Å²) in [5.41, 5.74) is 6.77. The summed E-state index contributed by atoms with van der Waals surface area (Å²) in [4.78, 5) is 0. The monoisotopic (exact) mass is 125 g/mol. The van der Waals surface area contributed by atoms with E-state index in [9.17, 15) is 0 Å². The van der Waals surface area contributed by atoms with Gasteiger partial charge in [0.25, 0.3) is 0 Å². The van der Waals surface area contributed by atoms with Crippen LogP contribution in [0.1, 0.15) is 38.5 Å². The van der Waals surface area contributed by atoms with Crippen LogP contribution in [0.25, 0.3) is 0 Å². The van der Waals surface area contributed by atoms with Crippen molar-refractivity contribution in [3.63, 3.8) is 0 Å². The Balaban J connectivity index is 2.32. The van der Waals surface area contributed by atoms with E-state index in [0.29, 0.717) is 0 Å². The first-order valence-electron chi connectivity index (χ1n) is 3.84. The second-order valence-corrected chi connectivity index (χ2v) is 2.73. The van der Waals surface area contributed by atoms with Crippen LogP contribution < -0.4 is 5.73 Å². The summed E-state index contributed by atoms with van der Waals surface area (Å²) in [7, 11) is 0. The first-order valence-corrected chi connectivity index (χ1v) is 3.84. The normalized spacial score (nSPS) is 27.8. The van der Waals surface area contributed by atoms with Crippen molar-refractivity contribution in [2.75, 3.05) is 0 Å². The Morgan fingerprint density at radius 1 is 1.11 bits per heavy atom. The van der Waals surface area contributed by atoms with E-state index < -0.39 is 0 Å². The summed E-state index contributed by atoms with van der Waals surface area (Å²) >= 11 is 0. The molecule has 0 amide bonds. The lowest BCUT2D eigenvalue weighted by molar-refractivity contribution is 0.622. The molecule has 0 saturated heterocycles. The Bertz CT molecular complexity index is 105. The number of nitrogens with two attached hydrogens (primary N) is 1. The van der Waals surface area contributed by atoms with Crippen LogP contribution in [0, 0.1) is 0 Å². The van der Waals surface area contributed by atoms with Gasteiger partial charge < -0.3 is 5.73 Å². The molecule has 1 aliphatic rings. The van der Waals surface area contributed by atoms with Crippen LogP contribution in [0.3, 0.4) is 0 Å². The maximum atomic E-state index is 5.67. The first-order chi connectivity index (χ1) is 4.39. The van der Waals surface area contributed by atoms with Gasteiger partial charge in [0.15, 0.2) is 0 Å². The molecule has 1 heteroatoms. The lowest BCUT2D eigenvalue weighted by Crippen LogP contribution is -1.98. The van der Waals surface area contributed by atoms with Gasteiger partial charge in [0.1, 0.15) is 0 Å². The Morgan fingerprint density at radius 2 is 1.89 bits per heavy atom. The van der Waals surface area contributed by atoms with Crippen molar-refractivity contribution in [2.45, 2.75) is 38.5 Å². The molecule has 0 unspecified atom stereocenters. The third kappa shape index (κ3) is 2.54. The molecule has 1 nitrogen and oxygen atoms in total. The first kappa shape index (κ1) is 6.66. The molecule has 0 atom stereocenters. The molecule has 2 N–H and O–H groups in total. The highest BCUT2D eigenvalue weighted by Gasteiger charge is 1.96. The number of allylic oxidation sites excluding steroid dienone is 2. The molecule has 0 bridgehead atoms. The molecule has 9 heavy (non-hydrogen) atoms. The average molecular weight is 125 g/mol. The van der Waals surface area contributed by atoms with E-state index in [1.165, 1.54) is 32.1 Å². The van der Waals surface area contributed by atoms with Gasteiger partial charge >= 0.3 is 0 Å². The quantitative estimate of drug-likeness (QED) is 0.527. The molecule has 0 heterocycles. The fraction of sp³-hybridized carbons (Fsp3) is 0.750. The standard InChI is InChI=1S/C8H15N/c9-8-6-4-2-1-3-5-7-8/h6H,1-5,7,9H2/b8-6-. The van der Waals surface area contributed by atoms with Gasteiger partial charge in [0, 0.05) is 5.70 Å². The van der Waals surface area contributed by atoms with Crippen molar-refractivity contribution in [1.82, 2.24) is 0 Å². The average Bonchev–Trinajstić information content (AvgIpc) is 1.79. The molecule has 0 aromatic carbocycles. The van der Waals surface area contributed by atoms with Crippen molar-refractivity contribution < 1.29 is 0 Å². The lowest BCUT2D eigenvalue weighted by atomic mass is 10.0. The zero-order valence-electron chi connectivity index (χ0n) is 5.90. The maximum Gasteiger partial charge on any atom is 0.00399 e. The zero-order valence-corrected chi connectivity index (χ0v) is 5.90. The molecule has 0 aromatic rings. The highest BCUT2D eigenvalue weighted by Crippen LogP contribution is 2.12. The molecule has 1 rings (SSSR count). The molecular weight excluding hydrogens is 110 g/mol. The van der Waals surface area contributed by atoms with E-state index in [1.807, 2.05) is 0 Å². The molecule has 0 aromatic heterocycles. The summed E-state index contributed by atoms with van der Waals surface area (Å²) in [6, 6.07) is 0. The van der Waals surface area contributed by atoms with Crippen molar-refractivity contribution in [3.8, 4) is 0 Å². The molecule has 52 valence electrons. The van der Waals surface area contributed by atoms with E-state index in [-0.39, 0.29) is 0 Å². The van der Waals surface area contributed by atoms with E-state index in [0.717, 1.165) is 12.1 Å². The van der Waals surface area contributed by atoms with Gasteiger partial charge in [-0.1, -0.05) is 18.9 Å². The molecule has 0 saturated carbocycles. The Labute approximate surface area is 56.9 Å². The zero-order chi connectivity index (χ0) is 6.53. The number of hydrogen-bond acceptors (Lipinski definition) is 1. The van der Waals surface area contributed by atoms with E-state index in [2.05, 4.69) is 6.08 Å². The van der Waals surface area contributed by atoms with Gasteiger partial charge in [0.05, 0.1) is 0 Å². The Morgan fingerprint density at radius 3 is 2.78 bits per heavy atom. The van der Waals surface area contributed by atoms with Crippen LogP contribution in [0.5, 0.6) is 0 Å². The van der Waals surface area contributed by atoms with Crippen LogP contribution in [-0.4, -0.2) is 0 Å². The molecule has 1 aliphatic carbocycles. The molecular formula is C8H15N. The van der Waals surface area contributed by atoms with Crippen molar-refractivity contribution >= 4 is 0 Å². The van der Waals surface area contributed by atoms with Crippen molar-refractivity contribution in [3.05, 3.63) is 11.8 Å². The number of rotatable bonds is 0. The number of hydrogen-bond donors (Lipinski definition) is 1. The summed E-state index contributed by atoms with van der Waals surface area (Å²) in [6.07, 6.45) is 9.90. The van der Waals surface area contributed by atoms with Gasteiger partial charge in [-0.05, 0) is 25.7 Å². The summed E-state index contributed by atoms with van der Waals surface area (Å²) < 4.78 is 0. The topological polar surface area (TPSA) is 26.0 Å². The second kappa shape index (κ2) is 3.54. The molecule has 0 fully saturated rings. The second-order valence-electron chi connectivity index (χ2n) is 2.73. The summed E-state index contributed by atoms with van der Waals surface area (Å²) in [5, 5.41) is 0. The Hall–Kier alpha value is -0.460. The fourth-order valence-electron chi connectivity index (χ4n) is 1.22. The van der Waals surface area contributed by atoms with Crippen LogP contribution in [0.4, 0.5) is 0 Å². The van der Waals surface area contributed by atoms with E-state index >= 15 is 0 Å². The SMILES string of the molecule is N/C1=C\CCCCCC1. The highest BCUT2D eigenvalue weighted by atomic mass is 14.6. The van der Waals surface area contributed by atoms with E-state index in [4.69, 9.17) is 5.73 Å². The smallest absolute Gasteiger partial charge is 0.00399 e. The van der Waals surface area contributed by atoms with Crippen LogP contribution >= 0.6 is 0 Å². The summed E-state index contributed by atoms with van der Waals surface area (Å²) in [6.45, 7) is 0. The molecule has 0 aliphatic heterocycles. The maximum absolute atomic E-state index is 5.67. The largest absolute Gasteiger partial charge is 0.402 e. The fourth-order valence-corrected chi connectivity index (χ4v) is 1.22. The summed E-state index contributed by atoms with van der Waals surface area (Å²) in [5.74, 6) is 0. The highest BCUT2D eigenvalue weighted by molar-refractivity contribution is 4.96.